The molecule has 1 atom stereocenters. The molecule has 6 heteroatoms. The maximum absolute atomic E-state index is 13.0. The minimum atomic E-state index is 0.225. The van der Waals surface area contributed by atoms with Crippen LogP contribution in [0.5, 0.6) is 0 Å². The van der Waals surface area contributed by atoms with Crippen LogP contribution in [0.3, 0.4) is 0 Å². The van der Waals surface area contributed by atoms with Crippen LogP contribution in [-0.2, 0) is 13.1 Å². The van der Waals surface area contributed by atoms with Crippen molar-refractivity contribution in [2.75, 3.05) is 26.2 Å². The molecule has 1 aromatic carbocycles. The Balaban J connectivity index is 1.10. The Labute approximate surface area is 189 Å². The van der Waals surface area contributed by atoms with E-state index in [2.05, 4.69) is 55.5 Å². The summed E-state index contributed by atoms with van der Waals surface area (Å²) in [5.41, 5.74) is 5.87. The Morgan fingerprint density at radius 3 is 2.88 bits per heavy atom. The van der Waals surface area contributed by atoms with Crippen LogP contribution >= 0.6 is 0 Å². The number of nitrogens with one attached hydrogen (secondary N) is 2. The van der Waals surface area contributed by atoms with Crippen LogP contribution < -0.4 is 5.32 Å². The van der Waals surface area contributed by atoms with E-state index in [1.807, 2.05) is 12.3 Å². The quantitative estimate of drug-likeness (QED) is 0.665. The van der Waals surface area contributed by atoms with Crippen molar-refractivity contribution in [2.45, 2.75) is 50.7 Å². The highest BCUT2D eigenvalue weighted by atomic mass is 16.2. The van der Waals surface area contributed by atoms with Crippen LogP contribution in [0.25, 0.3) is 11.0 Å². The van der Waals surface area contributed by atoms with Crippen LogP contribution in [0.2, 0.25) is 0 Å². The summed E-state index contributed by atoms with van der Waals surface area (Å²) in [5.74, 6) is 0.810. The van der Waals surface area contributed by atoms with Gasteiger partial charge in [0, 0.05) is 49.0 Å². The summed E-state index contributed by atoms with van der Waals surface area (Å²) in [5, 5.41) is 4.68. The number of aromatic nitrogens is 2. The van der Waals surface area contributed by atoms with Gasteiger partial charge >= 0.3 is 0 Å². The average molecular weight is 430 g/mol. The number of hydrogen-bond donors (Lipinski definition) is 2. The normalized spacial score (nSPS) is 22.6. The number of hydrogen-bond acceptors (Lipinski definition) is 4. The maximum Gasteiger partial charge on any atom is 0.254 e. The highest BCUT2D eigenvalue weighted by Crippen LogP contribution is 2.34. The number of likely N-dealkylation sites (tertiary alicyclic amines) is 1. The molecule has 3 aliphatic heterocycles. The van der Waals surface area contributed by atoms with Crippen molar-refractivity contribution in [1.29, 1.82) is 0 Å². The molecule has 6 nitrogen and oxygen atoms in total. The van der Waals surface area contributed by atoms with Gasteiger partial charge in [0.2, 0.25) is 0 Å². The Hall–Kier alpha value is -2.70. The topological polar surface area (TPSA) is 64.3 Å². The van der Waals surface area contributed by atoms with E-state index in [4.69, 9.17) is 0 Å². The summed E-state index contributed by atoms with van der Waals surface area (Å²) in [6.07, 6.45) is 8.56. The Bertz CT molecular complexity index is 1120. The van der Waals surface area contributed by atoms with E-state index in [9.17, 15) is 4.79 Å². The molecule has 0 radical (unpaired) electrons. The van der Waals surface area contributed by atoms with Gasteiger partial charge in [0.1, 0.15) is 5.65 Å². The molecule has 5 heterocycles. The van der Waals surface area contributed by atoms with Crippen molar-refractivity contribution in [1.82, 2.24) is 25.1 Å². The standard InChI is InChI=1S/C26H31N5O/c32-26-24-6-5-19(13-20(24)17-31(26)22-3-1-9-27-15-22)18-7-11-30(12-8-18)16-21-14-29-25-23(21)4-2-10-28-25/h2,4-6,10,13-14,18,22,27H,1,3,7-9,11-12,15-17H2,(H,28,29). The van der Waals surface area contributed by atoms with Crippen LogP contribution in [0.15, 0.2) is 42.7 Å². The SMILES string of the molecule is O=C1c2ccc(C3CCN(Cc4c[nH]c5ncccc45)CC3)cc2CN1C1CCCNC1. The molecule has 2 saturated heterocycles. The molecule has 2 N–H and O–H groups in total. The van der Waals surface area contributed by atoms with E-state index in [1.165, 1.54) is 34.9 Å². The highest BCUT2D eigenvalue weighted by molar-refractivity contribution is 5.98. The van der Waals surface area contributed by atoms with Gasteiger partial charge in [-0.3, -0.25) is 9.69 Å². The number of piperidine rings is 2. The predicted molar refractivity (Wildman–Crippen MR) is 126 cm³/mol. The predicted octanol–water partition coefficient (Wildman–Crippen LogP) is 3.65. The number of nitrogens with zero attached hydrogens (tertiary/aromatic N) is 3. The van der Waals surface area contributed by atoms with E-state index >= 15 is 0 Å². The summed E-state index contributed by atoms with van der Waals surface area (Å²) >= 11 is 0. The van der Waals surface area contributed by atoms with Gasteiger partial charge in [0.25, 0.3) is 5.91 Å². The van der Waals surface area contributed by atoms with E-state index < -0.39 is 0 Å². The van der Waals surface area contributed by atoms with Gasteiger partial charge in [-0.05, 0) is 86.1 Å². The van der Waals surface area contributed by atoms with Gasteiger partial charge in [0.15, 0.2) is 0 Å². The summed E-state index contributed by atoms with van der Waals surface area (Å²) in [7, 11) is 0. The lowest BCUT2D eigenvalue weighted by molar-refractivity contribution is 0.0674. The molecule has 3 aliphatic rings. The Kier molecular flexibility index (Phi) is 5.20. The first-order valence-corrected chi connectivity index (χ1v) is 12.0. The number of rotatable bonds is 4. The van der Waals surface area contributed by atoms with E-state index in [-0.39, 0.29) is 5.91 Å². The van der Waals surface area contributed by atoms with Gasteiger partial charge in [-0.2, -0.15) is 0 Å². The third kappa shape index (κ3) is 3.61. The van der Waals surface area contributed by atoms with Crippen LogP contribution in [0.1, 0.15) is 58.6 Å². The van der Waals surface area contributed by atoms with Crippen LogP contribution in [0.4, 0.5) is 0 Å². The lowest BCUT2D eigenvalue weighted by Crippen LogP contribution is -2.46. The molecule has 2 aromatic heterocycles. The molecule has 0 saturated carbocycles. The van der Waals surface area contributed by atoms with Crippen molar-refractivity contribution >= 4 is 16.9 Å². The van der Waals surface area contributed by atoms with E-state index in [1.54, 1.807) is 0 Å². The van der Waals surface area contributed by atoms with Gasteiger partial charge in [-0.1, -0.05) is 12.1 Å². The molecular weight excluding hydrogens is 398 g/mol. The van der Waals surface area contributed by atoms with Crippen molar-refractivity contribution in [3.63, 3.8) is 0 Å². The van der Waals surface area contributed by atoms with Crippen molar-refractivity contribution in [3.8, 4) is 0 Å². The largest absolute Gasteiger partial charge is 0.346 e. The first kappa shape index (κ1) is 19.9. The number of fused-ring (bicyclic) bond motifs is 2. The van der Waals surface area contributed by atoms with Crippen LogP contribution in [-0.4, -0.2) is 57.9 Å². The molecule has 6 rings (SSSR count). The molecule has 0 bridgehead atoms. The molecule has 1 amide bonds. The number of H-pyrrole nitrogens is 1. The number of benzene rings is 1. The van der Waals surface area contributed by atoms with Gasteiger partial charge < -0.3 is 15.2 Å². The lowest BCUT2D eigenvalue weighted by atomic mass is 9.87. The molecule has 3 aromatic rings. The number of aromatic amines is 1. The van der Waals surface area contributed by atoms with Gasteiger partial charge in [0.05, 0.1) is 0 Å². The van der Waals surface area contributed by atoms with Gasteiger partial charge in [-0.25, -0.2) is 4.98 Å². The molecular formula is C26H31N5O. The second-order valence-corrected chi connectivity index (χ2v) is 9.61. The average Bonchev–Trinajstić information content (AvgIpc) is 3.41. The first-order chi connectivity index (χ1) is 15.8. The summed E-state index contributed by atoms with van der Waals surface area (Å²) in [6, 6.07) is 11.1. The fourth-order valence-corrected chi connectivity index (χ4v) is 5.82. The summed E-state index contributed by atoms with van der Waals surface area (Å²) < 4.78 is 0. The molecule has 2 fully saturated rings. The summed E-state index contributed by atoms with van der Waals surface area (Å²) in [6.45, 7) is 5.97. The monoisotopic (exact) mass is 429 g/mol. The minimum absolute atomic E-state index is 0.225. The zero-order valence-corrected chi connectivity index (χ0v) is 18.5. The zero-order chi connectivity index (χ0) is 21.5. The molecule has 0 aliphatic carbocycles. The molecule has 166 valence electrons. The second kappa shape index (κ2) is 8.34. The zero-order valence-electron chi connectivity index (χ0n) is 18.5. The maximum atomic E-state index is 13.0. The molecule has 1 unspecified atom stereocenters. The van der Waals surface area contributed by atoms with E-state index in [0.29, 0.717) is 12.0 Å². The Morgan fingerprint density at radius 2 is 2.03 bits per heavy atom. The molecule has 32 heavy (non-hydrogen) atoms. The minimum Gasteiger partial charge on any atom is -0.346 e. The number of pyridine rings is 1. The Morgan fingerprint density at radius 1 is 1.12 bits per heavy atom. The third-order valence-electron chi connectivity index (χ3n) is 7.66. The van der Waals surface area contributed by atoms with Crippen molar-refractivity contribution < 1.29 is 4.79 Å². The number of amides is 1. The number of carbonyl (C=O) groups is 1. The van der Waals surface area contributed by atoms with E-state index in [0.717, 1.165) is 63.3 Å². The number of carbonyl (C=O) groups excluding carboxylic acids is 1. The van der Waals surface area contributed by atoms with Crippen LogP contribution in [0, 0.1) is 0 Å². The first-order valence-electron chi connectivity index (χ1n) is 12.0. The fourth-order valence-electron chi connectivity index (χ4n) is 5.82. The van der Waals surface area contributed by atoms with Crippen molar-refractivity contribution in [2.24, 2.45) is 0 Å². The highest BCUT2D eigenvalue weighted by Gasteiger charge is 2.34. The lowest BCUT2D eigenvalue weighted by Gasteiger charge is -2.32. The molecule has 0 spiro atoms. The smallest absolute Gasteiger partial charge is 0.254 e. The fraction of sp³-hybridized carbons (Fsp3) is 0.462. The van der Waals surface area contributed by atoms with Gasteiger partial charge in [-0.15, -0.1) is 0 Å². The summed E-state index contributed by atoms with van der Waals surface area (Å²) in [4.78, 5) is 25.3. The van der Waals surface area contributed by atoms with Crippen molar-refractivity contribution in [3.05, 3.63) is 65.0 Å². The second-order valence-electron chi connectivity index (χ2n) is 9.61. The third-order valence-corrected chi connectivity index (χ3v) is 7.66.